The zero-order valence-corrected chi connectivity index (χ0v) is 11.7. The van der Waals surface area contributed by atoms with Crippen LogP contribution in [-0.2, 0) is 9.59 Å². The second-order valence-corrected chi connectivity index (χ2v) is 6.13. The molecule has 3 rings (SSSR count). The Morgan fingerprint density at radius 1 is 1.50 bits per heavy atom. The van der Waals surface area contributed by atoms with Crippen LogP contribution in [0.3, 0.4) is 0 Å². The third-order valence-corrected chi connectivity index (χ3v) is 4.71. The minimum Gasteiger partial charge on any atom is -0.481 e. The van der Waals surface area contributed by atoms with E-state index in [1.807, 2.05) is 0 Å². The summed E-state index contributed by atoms with van der Waals surface area (Å²) in [7, 11) is 0. The Bertz CT molecular complexity index is 574. The summed E-state index contributed by atoms with van der Waals surface area (Å²) in [4.78, 5) is 24.3. The number of Topliss-reactive ketones (excluding diaryl/α,β-unsaturated/α-hetero) is 1. The summed E-state index contributed by atoms with van der Waals surface area (Å²) >= 11 is 0. The molecule has 5 atom stereocenters. The standard InChI is InChI=1S/C15H16F3NO3/c1-2-19(7-3-4-7)14-8(10(20)6-11(21)22)5-9(16)12-13(17)15(12,14)18/h2,5,7-8,12-14H,1,3-4,6H2,(H,21,22). The number of alkyl halides is 2. The number of halogens is 3. The fourth-order valence-electron chi connectivity index (χ4n) is 3.49. The van der Waals surface area contributed by atoms with Gasteiger partial charge in [-0.2, -0.15) is 0 Å². The lowest BCUT2D eigenvalue weighted by Crippen LogP contribution is -2.52. The molecule has 5 unspecified atom stereocenters. The second kappa shape index (κ2) is 4.86. The highest BCUT2D eigenvalue weighted by molar-refractivity contribution is 5.97. The van der Waals surface area contributed by atoms with Crippen LogP contribution in [0.2, 0.25) is 0 Å². The zero-order chi connectivity index (χ0) is 16.2. The average molecular weight is 315 g/mol. The van der Waals surface area contributed by atoms with Gasteiger partial charge in [-0.05, 0) is 25.1 Å². The van der Waals surface area contributed by atoms with Crippen LogP contribution in [0, 0.1) is 11.8 Å². The number of carboxylic acid groups (broad SMARTS) is 1. The number of aliphatic carboxylic acids is 1. The first kappa shape index (κ1) is 15.1. The quantitative estimate of drug-likeness (QED) is 0.763. The van der Waals surface area contributed by atoms with E-state index >= 15 is 0 Å². The van der Waals surface area contributed by atoms with E-state index in [9.17, 15) is 22.8 Å². The van der Waals surface area contributed by atoms with Gasteiger partial charge in [-0.15, -0.1) is 0 Å². The van der Waals surface area contributed by atoms with E-state index in [2.05, 4.69) is 6.58 Å². The molecular weight excluding hydrogens is 299 g/mol. The molecule has 0 heterocycles. The van der Waals surface area contributed by atoms with E-state index in [1.54, 1.807) is 0 Å². The first-order chi connectivity index (χ1) is 10.3. The molecule has 0 amide bonds. The summed E-state index contributed by atoms with van der Waals surface area (Å²) < 4.78 is 42.7. The number of rotatable bonds is 6. The van der Waals surface area contributed by atoms with Crippen LogP contribution in [0.5, 0.6) is 0 Å². The summed E-state index contributed by atoms with van der Waals surface area (Å²) in [5, 5.41) is 8.74. The normalized spacial score (nSPS) is 39.5. The molecule has 22 heavy (non-hydrogen) atoms. The molecule has 0 aromatic heterocycles. The van der Waals surface area contributed by atoms with Crippen molar-refractivity contribution in [3.8, 4) is 0 Å². The molecule has 0 aliphatic heterocycles. The molecule has 120 valence electrons. The van der Waals surface area contributed by atoms with Gasteiger partial charge in [0, 0.05) is 6.04 Å². The molecule has 4 nitrogen and oxygen atoms in total. The van der Waals surface area contributed by atoms with Gasteiger partial charge in [-0.1, -0.05) is 6.58 Å². The van der Waals surface area contributed by atoms with Crippen molar-refractivity contribution in [2.24, 2.45) is 11.8 Å². The third kappa shape index (κ3) is 2.06. The van der Waals surface area contributed by atoms with Crippen molar-refractivity contribution >= 4 is 11.8 Å². The molecule has 0 aromatic rings. The van der Waals surface area contributed by atoms with Crippen molar-refractivity contribution in [3.63, 3.8) is 0 Å². The molecule has 0 radical (unpaired) electrons. The minimum absolute atomic E-state index is 0.0572. The van der Waals surface area contributed by atoms with Crippen LogP contribution in [-0.4, -0.2) is 45.7 Å². The highest BCUT2D eigenvalue weighted by atomic mass is 19.2. The predicted octanol–water partition coefficient (Wildman–Crippen LogP) is 2.17. The number of hydrogen-bond donors (Lipinski definition) is 1. The van der Waals surface area contributed by atoms with Gasteiger partial charge in [0.05, 0.1) is 17.9 Å². The van der Waals surface area contributed by atoms with E-state index in [4.69, 9.17) is 5.11 Å². The van der Waals surface area contributed by atoms with Gasteiger partial charge < -0.3 is 10.0 Å². The molecule has 2 saturated carbocycles. The van der Waals surface area contributed by atoms with Gasteiger partial charge >= 0.3 is 5.97 Å². The molecule has 3 aliphatic rings. The first-order valence-electron chi connectivity index (χ1n) is 7.17. The Hall–Kier alpha value is -1.79. The molecule has 1 N–H and O–H groups in total. The van der Waals surface area contributed by atoms with Crippen molar-refractivity contribution in [1.29, 1.82) is 0 Å². The number of carbonyl (C=O) groups is 2. The smallest absolute Gasteiger partial charge is 0.310 e. The Kier molecular flexibility index (Phi) is 3.34. The third-order valence-electron chi connectivity index (χ3n) is 4.71. The van der Waals surface area contributed by atoms with Crippen molar-refractivity contribution in [1.82, 2.24) is 4.90 Å². The van der Waals surface area contributed by atoms with Crippen molar-refractivity contribution in [2.45, 2.75) is 43.2 Å². The zero-order valence-electron chi connectivity index (χ0n) is 11.7. The molecular formula is C15H16F3NO3. The molecule has 7 heteroatoms. The largest absolute Gasteiger partial charge is 0.481 e. The lowest BCUT2D eigenvalue weighted by atomic mass is 9.82. The summed E-state index contributed by atoms with van der Waals surface area (Å²) in [6, 6.07) is -1.29. The number of nitrogens with zero attached hydrogens (tertiary/aromatic N) is 1. The highest BCUT2D eigenvalue weighted by Gasteiger charge is 2.78. The van der Waals surface area contributed by atoms with E-state index in [1.165, 1.54) is 11.1 Å². The van der Waals surface area contributed by atoms with Crippen LogP contribution in [0.4, 0.5) is 13.2 Å². The molecule has 0 aromatic carbocycles. The van der Waals surface area contributed by atoms with E-state index in [-0.39, 0.29) is 6.04 Å². The monoisotopic (exact) mass is 315 g/mol. The van der Waals surface area contributed by atoms with Crippen LogP contribution in [0.15, 0.2) is 24.7 Å². The number of fused-ring (bicyclic) bond motifs is 1. The van der Waals surface area contributed by atoms with Crippen LogP contribution in [0.25, 0.3) is 0 Å². The molecule has 2 fully saturated rings. The summed E-state index contributed by atoms with van der Waals surface area (Å²) in [5.74, 6) is -6.02. The minimum atomic E-state index is -2.49. The fourth-order valence-corrected chi connectivity index (χ4v) is 3.49. The maximum atomic E-state index is 15.0. The molecule has 0 spiro atoms. The van der Waals surface area contributed by atoms with Crippen LogP contribution < -0.4 is 0 Å². The second-order valence-electron chi connectivity index (χ2n) is 6.13. The summed E-state index contributed by atoms with van der Waals surface area (Å²) in [5.41, 5.74) is -2.49. The maximum Gasteiger partial charge on any atom is 0.310 e. The number of carboxylic acids is 1. The number of hydrogen-bond acceptors (Lipinski definition) is 3. The fraction of sp³-hybridized carbons (Fsp3) is 0.600. The Morgan fingerprint density at radius 2 is 2.14 bits per heavy atom. The maximum absolute atomic E-state index is 15.0. The summed E-state index contributed by atoms with van der Waals surface area (Å²) in [6.07, 6.45) is 0.870. The molecule has 0 bridgehead atoms. The Balaban J connectivity index is 1.98. The number of carbonyl (C=O) groups excluding carboxylic acids is 1. The van der Waals surface area contributed by atoms with Crippen LogP contribution in [0.1, 0.15) is 19.3 Å². The Morgan fingerprint density at radius 3 is 2.64 bits per heavy atom. The number of allylic oxidation sites excluding steroid dienone is 1. The van der Waals surface area contributed by atoms with Gasteiger partial charge in [0.25, 0.3) is 0 Å². The van der Waals surface area contributed by atoms with Gasteiger partial charge in [-0.25, -0.2) is 13.2 Å². The van der Waals surface area contributed by atoms with Crippen molar-refractivity contribution in [3.05, 3.63) is 24.7 Å². The van der Waals surface area contributed by atoms with E-state index < -0.39 is 53.7 Å². The van der Waals surface area contributed by atoms with Crippen molar-refractivity contribution in [2.75, 3.05) is 0 Å². The predicted molar refractivity (Wildman–Crippen MR) is 71.0 cm³/mol. The van der Waals surface area contributed by atoms with Gasteiger partial charge in [0.15, 0.2) is 11.5 Å². The van der Waals surface area contributed by atoms with Gasteiger partial charge in [-0.3, -0.25) is 9.59 Å². The first-order valence-corrected chi connectivity index (χ1v) is 7.17. The van der Waals surface area contributed by atoms with Gasteiger partial charge in [0.2, 0.25) is 0 Å². The lowest BCUT2D eigenvalue weighted by Gasteiger charge is -2.39. The summed E-state index contributed by atoms with van der Waals surface area (Å²) in [6.45, 7) is 3.58. The van der Waals surface area contributed by atoms with Gasteiger partial charge in [0.1, 0.15) is 18.4 Å². The molecule has 3 aliphatic carbocycles. The topological polar surface area (TPSA) is 57.6 Å². The average Bonchev–Trinajstić information content (AvgIpc) is 3.32. The lowest BCUT2D eigenvalue weighted by molar-refractivity contribution is -0.141. The number of ketones is 1. The Labute approximate surface area is 125 Å². The highest BCUT2D eigenvalue weighted by Crippen LogP contribution is 2.63. The SMILES string of the molecule is C=CN(C1CC1)C1C(C(=O)CC(=O)O)C=C(F)C2C(F)C21F. The van der Waals surface area contributed by atoms with E-state index in [0.29, 0.717) is 0 Å². The van der Waals surface area contributed by atoms with Crippen molar-refractivity contribution < 1.29 is 27.9 Å². The molecule has 0 saturated heterocycles. The van der Waals surface area contributed by atoms with Crippen LogP contribution >= 0.6 is 0 Å². The van der Waals surface area contributed by atoms with E-state index in [0.717, 1.165) is 18.9 Å².